The van der Waals surface area contributed by atoms with E-state index in [0.717, 1.165) is 0 Å². The van der Waals surface area contributed by atoms with Crippen LogP contribution in [-0.4, -0.2) is 4.37 Å². The van der Waals surface area contributed by atoms with Crippen molar-refractivity contribution in [1.82, 2.24) is 4.37 Å². The molecule has 0 aliphatic carbocycles. The summed E-state index contributed by atoms with van der Waals surface area (Å²) in [5.41, 5.74) is 2.52. The largest absolute Gasteiger partial charge is 0.197 e. The highest BCUT2D eigenvalue weighted by molar-refractivity contribution is 7.05. The van der Waals surface area contributed by atoms with Crippen LogP contribution < -0.4 is 0 Å². The van der Waals surface area contributed by atoms with Gasteiger partial charge in [0.2, 0.25) is 0 Å². The third-order valence-electron chi connectivity index (χ3n) is 1.39. The van der Waals surface area contributed by atoms with Gasteiger partial charge >= 0.3 is 0 Å². The highest BCUT2D eigenvalue weighted by atomic mass is 32.1. The van der Waals surface area contributed by atoms with Crippen LogP contribution in [0.3, 0.4) is 0 Å². The Kier molecular flexibility index (Phi) is 1.34. The monoisotopic (exact) mass is 127 g/mol. The number of hydrogen-bond donors (Lipinski definition) is 0. The molecule has 0 aliphatic heterocycles. The van der Waals surface area contributed by atoms with E-state index < -0.39 is 0 Å². The third kappa shape index (κ3) is 0.757. The van der Waals surface area contributed by atoms with Crippen molar-refractivity contribution in [3.63, 3.8) is 0 Å². The predicted octanol–water partition coefficient (Wildman–Crippen LogP) is 2.07. The molecule has 1 aromatic heterocycles. The van der Waals surface area contributed by atoms with E-state index in [1.165, 1.54) is 16.1 Å². The molecular weight excluding hydrogens is 118 g/mol. The van der Waals surface area contributed by atoms with Gasteiger partial charge in [0.15, 0.2) is 0 Å². The Morgan fingerprint density at radius 2 is 1.88 bits per heavy atom. The third-order valence-corrected chi connectivity index (χ3v) is 2.34. The van der Waals surface area contributed by atoms with Crippen LogP contribution in [0.4, 0.5) is 0 Å². The second kappa shape index (κ2) is 1.86. The fourth-order valence-electron chi connectivity index (χ4n) is 0.529. The lowest BCUT2D eigenvalue weighted by atomic mass is 10.2. The quantitative estimate of drug-likeness (QED) is 0.520. The highest BCUT2D eigenvalue weighted by Crippen LogP contribution is 2.14. The minimum atomic E-state index is 1.17. The van der Waals surface area contributed by atoms with Crippen LogP contribution in [0.25, 0.3) is 0 Å². The first kappa shape index (κ1) is 5.76. The van der Waals surface area contributed by atoms with Crippen LogP contribution in [0.15, 0.2) is 0 Å². The number of nitrogens with zero attached hydrogens (tertiary/aromatic N) is 1. The Balaban J connectivity index is 3.19. The lowest BCUT2D eigenvalue weighted by molar-refractivity contribution is 1.26. The SMILES string of the molecule is Cc1nsc(C)c1C. The van der Waals surface area contributed by atoms with Crippen molar-refractivity contribution in [2.75, 3.05) is 0 Å². The molecule has 0 fully saturated rings. The summed E-state index contributed by atoms with van der Waals surface area (Å²) in [5, 5.41) is 0. The Bertz CT molecular complexity index is 171. The van der Waals surface area contributed by atoms with E-state index in [1.807, 2.05) is 6.92 Å². The fourth-order valence-corrected chi connectivity index (χ4v) is 1.22. The highest BCUT2D eigenvalue weighted by Gasteiger charge is 1.97. The Morgan fingerprint density at radius 3 is 2.00 bits per heavy atom. The fraction of sp³-hybridized carbons (Fsp3) is 0.500. The number of aromatic nitrogens is 1. The van der Waals surface area contributed by atoms with Crippen molar-refractivity contribution in [3.05, 3.63) is 16.1 Å². The Labute approximate surface area is 53.5 Å². The van der Waals surface area contributed by atoms with Gasteiger partial charge in [-0.25, -0.2) is 0 Å². The van der Waals surface area contributed by atoms with Crippen molar-refractivity contribution in [1.29, 1.82) is 0 Å². The average Bonchev–Trinajstić information content (AvgIpc) is 1.98. The van der Waals surface area contributed by atoms with Gasteiger partial charge in [0.1, 0.15) is 0 Å². The standard InChI is InChI=1S/C6H9NS/c1-4-5(2)7-8-6(4)3/h1-3H3. The van der Waals surface area contributed by atoms with E-state index in [0.29, 0.717) is 0 Å². The number of rotatable bonds is 0. The molecule has 1 aromatic rings. The van der Waals surface area contributed by atoms with Crippen molar-refractivity contribution < 1.29 is 0 Å². The van der Waals surface area contributed by atoms with Gasteiger partial charge in [-0.15, -0.1) is 0 Å². The summed E-state index contributed by atoms with van der Waals surface area (Å²) in [4.78, 5) is 1.34. The second-order valence-electron chi connectivity index (χ2n) is 1.95. The Hall–Kier alpha value is -0.370. The first-order chi connectivity index (χ1) is 3.72. The zero-order valence-corrected chi connectivity index (χ0v) is 6.17. The van der Waals surface area contributed by atoms with Gasteiger partial charge in [-0.3, -0.25) is 0 Å². The molecular formula is C6H9NS. The van der Waals surface area contributed by atoms with Crippen molar-refractivity contribution in [3.8, 4) is 0 Å². The summed E-state index contributed by atoms with van der Waals surface area (Å²) in [6, 6.07) is 0. The molecule has 0 radical (unpaired) electrons. The molecule has 1 heterocycles. The van der Waals surface area contributed by atoms with Crippen molar-refractivity contribution >= 4 is 11.5 Å². The van der Waals surface area contributed by atoms with E-state index in [-0.39, 0.29) is 0 Å². The van der Waals surface area contributed by atoms with E-state index >= 15 is 0 Å². The van der Waals surface area contributed by atoms with E-state index in [4.69, 9.17) is 0 Å². The van der Waals surface area contributed by atoms with Crippen LogP contribution in [0, 0.1) is 20.8 Å². The lowest BCUT2D eigenvalue weighted by Gasteiger charge is -1.83. The molecule has 2 heteroatoms. The summed E-state index contributed by atoms with van der Waals surface area (Å²) in [6.45, 7) is 6.24. The number of aryl methyl sites for hydroxylation is 2. The molecule has 0 unspecified atom stereocenters. The Morgan fingerprint density at radius 1 is 1.25 bits per heavy atom. The molecule has 0 aromatic carbocycles. The molecule has 0 saturated heterocycles. The van der Waals surface area contributed by atoms with Gasteiger partial charge in [0.25, 0.3) is 0 Å². The summed E-state index contributed by atoms with van der Waals surface area (Å²) in [7, 11) is 0. The molecule has 8 heavy (non-hydrogen) atoms. The molecule has 0 amide bonds. The van der Waals surface area contributed by atoms with E-state index in [9.17, 15) is 0 Å². The maximum Gasteiger partial charge on any atom is 0.0543 e. The second-order valence-corrected chi connectivity index (χ2v) is 2.93. The van der Waals surface area contributed by atoms with E-state index in [2.05, 4.69) is 18.2 Å². The van der Waals surface area contributed by atoms with Crippen molar-refractivity contribution in [2.45, 2.75) is 20.8 Å². The molecule has 1 rings (SSSR count). The van der Waals surface area contributed by atoms with Gasteiger partial charge in [-0.1, -0.05) is 0 Å². The van der Waals surface area contributed by atoms with Gasteiger partial charge in [0.05, 0.1) is 5.69 Å². The predicted molar refractivity (Wildman–Crippen MR) is 36.3 cm³/mol. The summed E-state index contributed by atoms with van der Waals surface area (Å²) in [6.07, 6.45) is 0. The maximum absolute atomic E-state index is 4.16. The maximum atomic E-state index is 4.16. The van der Waals surface area contributed by atoms with Crippen molar-refractivity contribution in [2.24, 2.45) is 0 Å². The molecule has 0 saturated carbocycles. The molecule has 0 atom stereocenters. The zero-order valence-electron chi connectivity index (χ0n) is 5.36. The normalized spacial score (nSPS) is 9.88. The molecule has 0 aliphatic rings. The van der Waals surface area contributed by atoms with E-state index in [1.54, 1.807) is 11.5 Å². The van der Waals surface area contributed by atoms with Crippen LogP contribution in [-0.2, 0) is 0 Å². The van der Waals surface area contributed by atoms with Gasteiger partial charge in [-0.05, 0) is 37.9 Å². The minimum Gasteiger partial charge on any atom is -0.197 e. The minimum absolute atomic E-state index is 1.17. The first-order valence-corrected chi connectivity index (χ1v) is 3.38. The summed E-state index contributed by atoms with van der Waals surface area (Å²) < 4.78 is 4.16. The number of hydrogen-bond acceptors (Lipinski definition) is 2. The molecule has 1 nitrogen and oxygen atoms in total. The molecule has 0 N–H and O–H groups in total. The van der Waals surface area contributed by atoms with Crippen LogP contribution in [0.2, 0.25) is 0 Å². The van der Waals surface area contributed by atoms with Gasteiger partial charge in [-0.2, -0.15) is 4.37 Å². The first-order valence-electron chi connectivity index (χ1n) is 2.61. The molecule has 0 spiro atoms. The lowest BCUT2D eigenvalue weighted by Crippen LogP contribution is -1.73. The van der Waals surface area contributed by atoms with Crippen LogP contribution >= 0.6 is 11.5 Å². The summed E-state index contributed by atoms with van der Waals surface area (Å²) in [5.74, 6) is 0. The van der Waals surface area contributed by atoms with Gasteiger partial charge < -0.3 is 0 Å². The van der Waals surface area contributed by atoms with Crippen LogP contribution in [0.5, 0.6) is 0 Å². The molecule has 0 bridgehead atoms. The van der Waals surface area contributed by atoms with Crippen LogP contribution in [0.1, 0.15) is 16.1 Å². The smallest absolute Gasteiger partial charge is 0.0543 e. The van der Waals surface area contributed by atoms with Gasteiger partial charge in [0, 0.05) is 4.88 Å². The topological polar surface area (TPSA) is 12.9 Å². The zero-order chi connectivity index (χ0) is 6.15. The average molecular weight is 127 g/mol. The summed E-state index contributed by atoms with van der Waals surface area (Å²) >= 11 is 1.58. The molecule has 44 valence electrons.